The molecule has 1 atom stereocenters. The van der Waals surface area contributed by atoms with Gasteiger partial charge >= 0.3 is 0 Å². The Balaban J connectivity index is 2.53. The summed E-state index contributed by atoms with van der Waals surface area (Å²) in [6.07, 6.45) is -1.05. The van der Waals surface area contributed by atoms with Crippen LogP contribution in [0.5, 0.6) is 0 Å². The highest BCUT2D eigenvalue weighted by atomic mass is 32.1. The summed E-state index contributed by atoms with van der Waals surface area (Å²) in [7, 11) is 0. The largest absolute Gasteiger partial charge is 0.376 e. The van der Waals surface area contributed by atoms with E-state index in [1.807, 2.05) is 0 Å². The first-order valence-corrected chi connectivity index (χ1v) is 4.43. The van der Waals surface area contributed by atoms with Gasteiger partial charge in [0.15, 0.2) is 11.3 Å². The second-order valence-electron chi connectivity index (χ2n) is 2.97. The Kier molecular flexibility index (Phi) is 1.98. The minimum absolute atomic E-state index is 0.112. The molecule has 2 rings (SSSR count). The summed E-state index contributed by atoms with van der Waals surface area (Å²) in [5.41, 5.74) is 6.33. The lowest BCUT2D eigenvalue weighted by molar-refractivity contribution is 0.0490. The number of aliphatic hydroxyl groups excluding tert-OH is 1. The summed E-state index contributed by atoms with van der Waals surface area (Å²) in [6.45, 7) is 0. The number of thiocarbonyl (C=S) groups is 1. The fraction of sp³-hybridized carbons (Fsp3) is 0.111. The van der Waals surface area contributed by atoms with Crippen LogP contribution < -0.4 is 5.73 Å². The van der Waals surface area contributed by atoms with Crippen LogP contribution in [-0.4, -0.2) is 21.0 Å². The van der Waals surface area contributed by atoms with E-state index in [9.17, 15) is 9.90 Å². The molecule has 0 spiro atoms. The Morgan fingerprint density at radius 2 is 2.14 bits per heavy atom. The van der Waals surface area contributed by atoms with Gasteiger partial charge in [-0.25, -0.2) is 0 Å². The van der Waals surface area contributed by atoms with Crippen LogP contribution in [0.4, 0.5) is 0 Å². The van der Waals surface area contributed by atoms with Crippen molar-refractivity contribution < 1.29 is 9.90 Å². The van der Waals surface area contributed by atoms with E-state index >= 15 is 0 Å². The van der Waals surface area contributed by atoms with Crippen LogP contribution >= 0.6 is 12.2 Å². The van der Waals surface area contributed by atoms with Gasteiger partial charge < -0.3 is 10.8 Å². The van der Waals surface area contributed by atoms with Crippen molar-refractivity contribution in [3.05, 3.63) is 35.4 Å². The zero-order valence-corrected chi connectivity index (χ0v) is 7.99. The molecule has 4 nitrogen and oxygen atoms in total. The van der Waals surface area contributed by atoms with Crippen LogP contribution in [0.1, 0.15) is 22.1 Å². The minimum atomic E-state index is -1.05. The van der Waals surface area contributed by atoms with Crippen LogP contribution in [0.25, 0.3) is 0 Å². The van der Waals surface area contributed by atoms with Gasteiger partial charge in [0, 0.05) is 11.1 Å². The van der Waals surface area contributed by atoms with Gasteiger partial charge in [-0.1, -0.05) is 18.2 Å². The van der Waals surface area contributed by atoms with Crippen LogP contribution in [0.15, 0.2) is 24.3 Å². The van der Waals surface area contributed by atoms with Gasteiger partial charge in [-0.05, 0) is 18.3 Å². The van der Waals surface area contributed by atoms with Gasteiger partial charge in [-0.2, -0.15) is 0 Å². The van der Waals surface area contributed by atoms with Crippen LogP contribution in [0.3, 0.4) is 0 Å². The van der Waals surface area contributed by atoms with Gasteiger partial charge in [0.1, 0.15) is 0 Å². The lowest BCUT2D eigenvalue weighted by atomic mass is 10.1. The predicted octanol–water partition coefficient (Wildman–Crippen LogP) is 0.377. The minimum Gasteiger partial charge on any atom is -0.376 e. The molecular weight excluding hydrogens is 200 g/mol. The standard InChI is InChI=1S/C9H8N2O2S/c10-9(14)11-7(12)5-3-1-2-4-6(5)8(11)13/h1-4,7,12H,(H2,10,14). The first kappa shape index (κ1) is 9.11. The summed E-state index contributed by atoms with van der Waals surface area (Å²) in [6, 6.07) is 6.79. The molecule has 0 saturated heterocycles. The highest BCUT2D eigenvalue weighted by Crippen LogP contribution is 2.30. The van der Waals surface area contributed by atoms with Crippen molar-refractivity contribution in [1.29, 1.82) is 0 Å². The lowest BCUT2D eigenvalue weighted by Crippen LogP contribution is -2.38. The third-order valence-electron chi connectivity index (χ3n) is 2.17. The number of carbonyl (C=O) groups is 1. The van der Waals surface area contributed by atoms with Crippen LogP contribution in [0, 0.1) is 0 Å². The van der Waals surface area contributed by atoms with Gasteiger partial charge in [-0.15, -0.1) is 0 Å². The van der Waals surface area contributed by atoms with Crippen molar-refractivity contribution in [2.75, 3.05) is 0 Å². The molecule has 0 aromatic heterocycles. The van der Waals surface area contributed by atoms with Gasteiger partial charge in [0.2, 0.25) is 0 Å². The highest BCUT2D eigenvalue weighted by Gasteiger charge is 2.36. The van der Waals surface area contributed by atoms with Gasteiger partial charge in [0.05, 0.1) is 0 Å². The summed E-state index contributed by atoms with van der Waals surface area (Å²) < 4.78 is 0. The second kappa shape index (κ2) is 3.04. The first-order chi connectivity index (χ1) is 6.63. The second-order valence-corrected chi connectivity index (χ2v) is 3.39. The van der Waals surface area contributed by atoms with E-state index in [0.717, 1.165) is 4.90 Å². The molecule has 1 aliphatic rings. The molecule has 14 heavy (non-hydrogen) atoms. The van der Waals surface area contributed by atoms with E-state index in [2.05, 4.69) is 12.2 Å². The monoisotopic (exact) mass is 208 g/mol. The Bertz CT molecular complexity index is 419. The molecule has 72 valence electrons. The SMILES string of the molecule is NC(=S)N1C(=O)c2ccccc2C1O. The average Bonchev–Trinajstić information content (AvgIpc) is 2.41. The normalized spacial score (nSPS) is 19.6. The number of nitrogens with two attached hydrogens (primary N) is 1. The molecule has 1 aliphatic heterocycles. The van der Waals surface area contributed by atoms with Crippen molar-refractivity contribution in [1.82, 2.24) is 4.90 Å². The number of rotatable bonds is 0. The van der Waals surface area contributed by atoms with Crippen molar-refractivity contribution in [2.24, 2.45) is 5.73 Å². The van der Waals surface area contributed by atoms with Gasteiger partial charge in [0.25, 0.3) is 5.91 Å². The molecule has 0 saturated carbocycles. The van der Waals surface area contributed by atoms with E-state index in [4.69, 9.17) is 5.73 Å². The molecule has 0 aliphatic carbocycles. The maximum absolute atomic E-state index is 11.6. The fourth-order valence-electron chi connectivity index (χ4n) is 1.52. The quantitative estimate of drug-likeness (QED) is 0.605. The molecule has 0 bridgehead atoms. The zero-order chi connectivity index (χ0) is 10.3. The number of carbonyl (C=O) groups excluding carboxylic acids is 1. The van der Waals surface area contributed by atoms with Crippen molar-refractivity contribution in [3.8, 4) is 0 Å². The molecular formula is C9H8N2O2S. The van der Waals surface area contributed by atoms with Crippen molar-refractivity contribution >= 4 is 23.2 Å². The fourth-order valence-corrected chi connectivity index (χ4v) is 1.70. The topological polar surface area (TPSA) is 66.6 Å². The van der Waals surface area contributed by atoms with E-state index in [-0.39, 0.29) is 11.0 Å². The number of benzene rings is 1. The average molecular weight is 208 g/mol. The number of aliphatic hydroxyl groups is 1. The van der Waals surface area contributed by atoms with Crippen molar-refractivity contribution in [3.63, 3.8) is 0 Å². The molecule has 0 fully saturated rings. The Morgan fingerprint density at radius 1 is 1.50 bits per heavy atom. The molecule has 0 radical (unpaired) electrons. The van der Waals surface area contributed by atoms with Gasteiger partial charge in [-0.3, -0.25) is 9.69 Å². The highest BCUT2D eigenvalue weighted by molar-refractivity contribution is 7.80. The van der Waals surface area contributed by atoms with Crippen LogP contribution in [-0.2, 0) is 0 Å². The third kappa shape index (κ3) is 1.10. The lowest BCUT2D eigenvalue weighted by Gasteiger charge is -2.17. The first-order valence-electron chi connectivity index (χ1n) is 4.03. The summed E-state index contributed by atoms with van der Waals surface area (Å²) in [4.78, 5) is 12.6. The molecule has 1 unspecified atom stereocenters. The number of hydrogen-bond donors (Lipinski definition) is 2. The molecule has 1 aromatic rings. The van der Waals surface area contributed by atoms with Crippen LogP contribution in [0.2, 0.25) is 0 Å². The Morgan fingerprint density at radius 3 is 2.71 bits per heavy atom. The molecule has 3 N–H and O–H groups in total. The Hall–Kier alpha value is -1.46. The summed E-state index contributed by atoms with van der Waals surface area (Å²) >= 11 is 4.68. The van der Waals surface area contributed by atoms with E-state index < -0.39 is 6.23 Å². The number of fused-ring (bicyclic) bond motifs is 1. The maximum Gasteiger partial charge on any atom is 0.262 e. The maximum atomic E-state index is 11.6. The van der Waals surface area contributed by atoms with Crippen molar-refractivity contribution in [2.45, 2.75) is 6.23 Å². The number of amides is 1. The predicted molar refractivity (Wildman–Crippen MR) is 54.4 cm³/mol. The third-order valence-corrected chi connectivity index (χ3v) is 2.37. The smallest absolute Gasteiger partial charge is 0.262 e. The molecule has 5 heteroatoms. The molecule has 1 heterocycles. The number of hydrogen-bond acceptors (Lipinski definition) is 3. The zero-order valence-electron chi connectivity index (χ0n) is 7.18. The molecule has 1 aromatic carbocycles. The number of nitrogens with zero attached hydrogens (tertiary/aromatic N) is 1. The summed E-state index contributed by atoms with van der Waals surface area (Å²) in [5, 5.41) is 9.61. The van der Waals surface area contributed by atoms with E-state index in [1.54, 1.807) is 24.3 Å². The molecule has 1 amide bonds. The summed E-state index contributed by atoms with van der Waals surface area (Å²) in [5.74, 6) is -0.347. The van der Waals surface area contributed by atoms with E-state index in [0.29, 0.717) is 11.1 Å². The Labute approximate surface area is 85.9 Å². The van der Waals surface area contributed by atoms with E-state index in [1.165, 1.54) is 0 Å².